The second-order valence-corrected chi connectivity index (χ2v) is 8.25. The molecule has 2 fully saturated rings. The quantitative estimate of drug-likeness (QED) is 0.600. The van der Waals surface area contributed by atoms with Crippen LogP contribution in [-0.4, -0.2) is 61.4 Å². The third-order valence-electron chi connectivity index (χ3n) is 5.68. The molecule has 11 heteroatoms. The predicted molar refractivity (Wildman–Crippen MR) is 110 cm³/mol. The average Bonchev–Trinajstić information content (AvgIpc) is 3.48. The van der Waals surface area contributed by atoms with Crippen molar-refractivity contribution in [2.24, 2.45) is 0 Å². The molecule has 2 N–H and O–H groups in total. The SMILES string of the molecule is OC[C@@H]1CN(Cc2cccc(C(F)(F)F)c2)C[C@H](n2cnc3c(NC4CC4)ncnc32)O1. The van der Waals surface area contributed by atoms with Crippen molar-refractivity contribution in [3.05, 3.63) is 48.0 Å². The third-order valence-corrected chi connectivity index (χ3v) is 5.68. The molecule has 1 aliphatic heterocycles. The zero-order valence-corrected chi connectivity index (χ0v) is 17.2. The number of nitrogens with one attached hydrogen (secondary N) is 1. The monoisotopic (exact) mass is 448 g/mol. The number of aliphatic hydroxyl groups is 1. The van der Waals surface area contributed by atoms with Gasteiger partial charge < -0.3 is 15.2 Å². The lowest BCUT2D eigenvalue weighted by molar-refractivity contribution is -0.138. The number of nitrogens with zero attached hydrogens (tertiary/aromatic N) is 5. The number of morpholine rings is 1. The van der Waals surface area contributed by atoms with Crippen LogP contribution in [0.5, 0.6) is 0 Å². The first-order chi connectivity index (χ1) is 15.4. The molecule has 2 atom stereocenters. The van der Waals surface area contributed by atoms with Crippen LogP contribution in [0.3, 0.4) is 0 Å². The smallest absolute Gasteiger partial charge is 0.394 e. The maximum Gasteiger partial charge on any atom is 0.416 e. The molecule has 1 aromatic carbocycles. The Morgan fingerprint density at radius 3 is 2.75 bits per heavy atom. The van der Waals surface area contributed by atoms with Crippen molar-refractivity contribution in [3.8, 4) is 0 Å². The Morgan fingerprint density at radius 1 is 1.16 bits per heavy atom. The minimum atomic E-state index is -4.39. The molecule has 1 saturated heterocycles. The molecule has 1 aliphatic carbocycles. The number of rotatable bonds is 6. The van der Waals surface area contributed by atoms with Crippen molar-refractivity contribution < 1.29 is 23.0 Å². The number of anilines is 1. The van der Waals surface area contributed by atoms with E-state index in [0.29, 0.717) is 48.2 Å². The number of alkyl halides is 3. The molecule has 8 nitrogen and oxygen atoms in total. The van der Waals surface area contributed by atoms with Crippen molar-refractivity contribution in [1.82, 2.24) is 24.4 Å². The Morgan fingerprint density at radius 2 is 2.00 bits per heavy atom. The highest BCUT2D eigenvalue weighted by molar-refractivity contribution is 5.83. The summed E-state index contributed by atoms with van der Waals surface area (Å²) in [6.45, 7) is 0.912. The zero-order chi connectivity index (χ0) is 22.3. The number of hydrogen-bond acceptors (Lipinski definition) is 7. The molecular formula is C21H23F3N6O2. The largest absolute Gasteiger partial charge is 0.416 e. The number of imidazole rings is 1. The third kappa shape index (κ3) is 4.41. The maximum absolute atomic E-state index is 13.1. The highest BCUT2D eigenvalue weighted by atomic mass is 19.4. The van der Waals surface area contributed by atoms with Crippen molar-refractivity contribution in [1.29, 1.82) is 0 Å². The molecule has 0 amide bonds. The summed E-state index contributed by atoms with van der Waals surface area (Å²) < 4.78 is 47.1. The standard InChI is InChI=1S/C21H23F3N6O2/c22-21(23,24)14-3-1-2-13(6-14)7-29-8-16(10-31)32-17(9-29)30-12-27-18-19(28-15-4-5-15)25-11-26-20(18)30/h1-3,6,11-12,15-17,31H,4-5,7-10H2,(H,25,26,28)/t16-,17+/m0/s1. The topological polar surface area (TPSA) is 88.3 Å². The van der Waals surface area contributed by atoms with Gasteiger partial charge >= 0.3 is 6.18 Å². The second-order valence-electron chi connectivity index (χ2n) is 8.25. The van der Waals surface area contributed by atoms with E-state index in [-0.39, 0.29) is 6.61 Å². The molecule has 1 saturated carbocycles. The van der Waals surface area contributed by atoms with E-state index in [2.05, 4.69) is 20.3 Å². The molecule has 0 bridgehead atoms. The molecule has 170 valence electrons. The number of ether oxygens (including phenoxy) is 1. The normalized spacial score (nSPS) is 22.4. The Balaban J connectivity index is 1.38. The van der Waals surface area contributed by atoms with Crippen molar-refractivity contribution in [3.63, 3.8) is 0 Å². The van der Waals surface area contributed by atoms with Gasteiger partial charge in [0.05, 0.1) is 24.6 Å². The summed E-state index contributed by atoms with van der Waals surface area (Å²) in [5, 5.41) is 13.1. The van der Waals surface area contributed by atoms with Crippen LogP contribution in [0.25, 0.3) is 11.2 Å². The molecule has 0 radical (unpaired) electrons. The first-order valence-corrected chi connectivity index (χ1v) is 10.5. The molecule has 5 rings (SSSR count). The maximum atomic E-state index is 13.1. The van der Waals surface area contributed by atoms with Gasteiger partial charge in [-0.15, -0.1) is 0 Å². The van der Waals surface area contributed by atoms with Gasteiger partial charge in [-0.1, -0.05) is 18.2 Å². The molecule has 3 aromatic rings. The van der Waals surface area contributed by atoms with Gasteiger partial charge in [0.1, 0.15) is 12.6 Å². The molecule has 0 unspecified atom stereocenters. The number of benzene rings is 1. The second kappa shape index (κ2) is 8.30. The molecule has 3 heterocycles. The first kappa shape index (κ1) is 21.1. The van der Waals surface area contributed by atoms with Gasteiger partial charge in [-0.2, -0.15) is 13.2 Å². The molecular weight excluding hydrogens is 425 g/mol. The van der Waals surface area contributed by atoms with Crippen LogP contribution in [0, 0.1) is 0 Å². The van der Waals surface area contributed by atoms with E-state index in [9.17, 15) is 18.3 Å². The fraction of sp³-hybridized carbons (Fsp3) is 0.476. The van der Waals surface area contributed by atoms with Crippen LogP contribution in [0.1, 0.15) is 30.2 Å². The summed E-state index contributed by atoms with van der Waals surface area (Å²) in [7, 11) is 0. The lowest BCUT2D eigenvalue weighted by Gasteiger charge is -2.38. The molecule has 32 heavy (non-hydrogen) atoms. The fourth-order valence-electron chi connectivity index (χ4n) is 3.97. The van der Waals surface area contributed by atoms with Gasteiger partial charge in [0.15, 0.2) is 17.0 Å². The highest BCUT2D eigenvalue weighted by Gasteiger charge is 2.33. The predicted octanol–water partition coefficient (Wildman–Crippen LogP) is 2.81. The van der Waals surface area contributed by atoms with E-state index in [1.165, 1.54) is 12.4 Å². The number of fused-ring (bicyclic) bond motifs is 1. The van der Waals surface area contributed by atoms with Gasteiger partial charge in [-0.25, -0.2) is 15.0 Å². The lowest BCUT2D eigenvalue weighted by atomic mass is 10.1. The molecule has 0 spiro atoms. The zero-order valence-electron chi connectivity index (χ0n) is 17.2. The average molecular weight is 448 g/mol. The van der Waals surface area contributed by atoms with E-state index in [0.717, 1.165) is 25.0 Å². The van der Waals surface area contributed by atoms with Crippen molar-refractivity contribution in [2.75, 3.05) is 25.0 Å². The van der Waals surface area contributed by atoms with Crippen molar-refractivity contribution in [2.45, 2.75) is 43.9 Å². The van der Waals surface area contributed by atoms with Crippen molar-refractivity contribution >= 4 is 17.0 Å². The van der Waals surface area contributed by atoms with Crippen LogP contribution in [0.15, 0.2) is 36.9 Å². The van der Waals surface area contributed by atoms with Gasteiger partial charge in [0, 0.05) is 25.7 Å². The van der Waals surface area contributed by atoms with Gasteiger partial charge in [0.25, 0.3) is 0 Å². The van der Waals surface area contributed by atoms with Crippen LogP contribution in [0.4, 0.5) is 19.0 Å². The van der Waals surface area contributed by atoms with E-state index in [1.54, 1.807) is 17.0 Å². The van der Waals surface area contributed by atoms with Gasteiger partial charge in [-0.3, -0.25) is 9.47 Å². The summed E-state index contributed by atoms with van der Waals surface area (Å²) in [4.78, 5) is 15.1. The summed E-state index contributed by atoms with van der Waals surface area (Å²) in [5.74, 6) is 0.673. The number of aromatic nitrogens is 4. The van der Waals surface area contributed by atoms with E-state index in [4.69, 9.17) is 4.74 Å². The minimum absolute atomic E-state index is 0.203. The minimum Gasteiger partial charge on any atom is -0.394 e. The van der Waals surface area contributed by atoms with Crippen LogP contribution in [0.2, 0.25) is 0 Å². The van der Waals surface area contributed by atoms with E-state index < -0.39 is 24.1 Å². The Kier molecular flexibility index (Phi) is 5.48. The van der Waals surface area contributed by atoms with Gasteiger partial charge in [0.2, 0.25) is 0 Å². The first-order valence-electron chi connectivity index (χ1n) is 10.5. The highest BCUT2D eigenvalue weighted by Crippen LogP contribution is 2.31. The Hall–Kier alpha value is -2.76. The Labute approximate surface area is 182 Å². The summed E-state index contributed by atoms with van der Waals surface area (Å²) in [6.07, 6.45) is -0.0780. The van der Waals surface area contributed by atoms with Crippen LogP contribution in [-0.2, 0) is 17.5 Å². The Bertz CT molecular complexity index is 1100. The summed E-state index contributed by atoms with van der Waals surface area (Å²) in [5.41, 5.74) is 1.11. The van der Waals surface area contributed by atoms with E-state index >= 15 is 0 Å². The number of aliphatic hydroxyl groups excluding tert-OH is 1. The fourth-order valence-corrected chi connectivity index (χ4v) is 3.97. The van der Waals surface area contributed by atoms with Gasteiger partial charge in [-0.05, 0) is 24.5 Å². The summed E-state index contributed by atoms with van der Waals surface area (Å²) in [6, 6.07) is 5.71. The number of hydrogen-bond donors (Lipinski definition) is 2. The molecule has 2 aliphatic rings. The molecule has 2 aromatic heterocycles. The van der Waals surface area contributed by atoms with Crippen LogP contribution < -0.4 is 5.32 Å². The summed E-state index contributed by atoms with van der Waals surface area (Å²) >= 11 is 0. The lowest BCUT2D eigenvalue weighted by Crippen LogP contribution is -2.46. The van der Waals surface area contributed by atoms with Crippen LogP contribution >= 0.6 is 0 Å². The number of halogens is 3. The van der Waals surface area contributed by atoms with E-state index in [1.807, 2.05) is 4.90 Å².